The van der Waals surface area contributed by atoms with Crippen molar-refractivity contribution in [3.05, 3.63) is 59.9 Å². The minimum absolute atomic E-state index is 0.258. The Hall–Kier alpha value is -2.54. The van der Waals surface area contributed by atoms with Gasteiger partial charge in [0, 0.05) is 12.7 Å². The first-order chi connectivity index (χ1) is 9.70. The van der Waals surface area contributed by atoms with Crippen LogP contribution in [0.15, 0.2) is 48.7 Å². The Labute approximate surface area is 118 Å². The molecular weight excluding hydrogens is 252 g/mol. The molecule has 1 aromatic carbocycles. The number of aromatic nitrogens is 1. The van der Waals surface area contributed by atoms with Gasteiger partial charge in [0.25, 0.3) is 0 Å². The summed E-state index contributed by atoms with van der Waals surface area (Å²) in [7, 11) is 0. The van der Waals surface area contributed by atoms with Crippen molar-refractivity contribution >= 4 is 5.97 Å². The normalized spacial score (nSPS) is 11.6. The predicted octanol–water partition coefficient (Wildman–Crippen LogP) is 2.74. The van der Waals surface area contributed by atoms with Crippen molar-refractivity contribution in [1.29, 1.82) is 5.26 Å². The molecule has 2 rings (SSSR count). The van der Waals surface area contributed by atoms with Gasteiger partial charge in [-0.3, -0.25) is 4.79 Å². The summed E-state index contributed by atoms with van der Waals surface area (Å²) in [6, 6.07) is 15.2. The fraction of sp³-hybridized carbons (Fsp3) is 0.250. The molecule has 102 valence electrons. The van der Waals surface area contributed by atoms with E-state index in [0.29, 0.717) is 12.2 Å². The summed E-state index contributed by atoms with van der Waals surface area (Å²) in [6.45, 7) is 2.53. The molecule has 4 nitrogen and oxygen atoms in total. The van der Waals surface area contributed by atoms with Crippen molar-refractivity contribution in [3.63, 3.8) is 0 Å². The number of hydrogen-bond donors (Lipinski definition) is 0. The van der Waals surface area contributed by atoms with E-state index in [-0.39, 0.29) is 18.5 Å². The van der Waals surface area contributed by atoms with Crippen LogP contribution < -0.4 is 0 Å². The average Bonchev–Trinajstić information content (AvgIpc) is 2.93. The van der Waals surface area contributed by atoms with Gasteiger partial charge >= 0.3 is 5.97 Å². The number of esters is 1. The lowest BCUT2D eigenvalue weighted by Gasteiger charge is -2.13. The molecule has 0 aliphatic carbocycles. The highest BCUT2D eigenvalue weighted by atomic mass is 16.5. The van der Waals surface area contributed by atoms with Crippen molar-refractivity contribution in [1.82, 2.24) is 4.57 Å². The van der Waals surface area contributed by atoms with Gasteiger partial charge in [-0.2, -0.15) is 5.26 Å². The maximum atomic E-state index is 11.9. The zero-order valence-electron chi connectivity index (χ0n) is 11.3. The van der Waals surface area contributed by atoms with E-state index in [2.05, 4.69) is 6.07 Å². The third-order valence-corrected chi connectivity index (χ3v) is 3.04. The Morgan fingerprint density at radius 3 is 2.75 bits per heavy atom. The summed E-state index contributed by atoms with van der Waals surface area (Å²) in [5.41, 5.74) is 1.51. The van der Waals surface area contributed by atoms with Crippen LogP contribution in [0.5, 0.6) is 0 Å². The Morgan fingerprint density at radius 2 is 2.05 bits per heavy atom. The number of carbonyl (C=O) groups is 1. The first kappa shape index (κ1) is 13.9. The van der Waals surface area contributed by atoms with Gasteiger partial charge in [-0.15, -0.1) is 0 Å². The first-order valence-electron chi connectivity index (χ1n) is 6.46. The summed E-state index contributed by atoms with van der Waals surface area (Å²) < 4.78 is 7.04. The second-order valence-electron chi connectivity index (χ2n) is 4.65. The molecule has 0 radical (unpaired) electrons. The van der Waals surface area contributed by atoms with Crippen LogP contribution in [0.2, 0.25) is 0 Å². The summed E-state index contributed by atoms with van der Waals surface area (Å²) >= 11 is 0. The van der Waals surface area contributed by atoms with E-state index in [1.54, 1.807) is 29.8 Å². The zero-order valence-corrected chi connectivity index (χ0v) is 11.3. The molecule has 20 heavy (non-hydrogen) atoms. The molecular formula is C16H16N2O2. The number of nitriles is 1. The molecule has 0 saturated carbocycles. The number of ether oxygens (including phenoxy) is 1. The van der Waals surface area contributed by atoms with Gasteiger partial charge in [0.2, 0.25) is 0 Å². The van der Waals surface area contributed by atoms with Gasteiger partial charge in [0.1, 0.15) is 18.4 Å². The minimum Gasteiger partial charge on any atom is -0.461 e. The Morgan fingerprint density at radius 1 is 1.30 bits per heavy atom. The van der Waals surface area contributed by atoms with E-state index in [9.17, 15) is 4.79 Å². The molecule has 0 N–H and O–H groups in total. The van der Waals surface area contributed by atoms with Crippen molar-refractivity contribution in [2.24, 2.45) is 5.92 Å². The average molecular weight is 268 g/mol. The maximum Gasteiger partial charge on any atom is 0.310 e. The zero-order chi connectivity index (χ0) is 14.4. The van der Waals surface area contributed by atoms with E-state index < -0.39 is 0 Å². The first-order valence-corrected chi connectivity index (χ1v) is 6.46. The molecule has 1 heterocycles. The van der Waals surface area contributed by atoms with Crippen LogP contribution in [0.4, 0.5) is 0 Å². The number of benzene rings is 1. The second kappa shape index (κ2) is 6.58. The molecule has 0 bridgehead atoms. The van der Waals surface area contributed by atoms with E-state index in [4.69, 9.17) is 10.00 Å². The summed E-state index contributed by atoms with van der Waals surface area (Å²) in [6.07, 6.45) is 1.79. The smallest absolute Gasteiger partial charge is 0.310 e. The molecule has 1 atom stereocenters. The van der Waals surface area contributed by atoms with Crippen LogP contribution in [-0.4, -0.2) is 10.5 Å². The standard InChI is InChI=1S/C16H16N2O2/c1-13(11-18-9-5-8-15(18)10-17)16(19)20-12-14-6-3-2-4-7-14/h2-9,13H,11-12H2,1H3. The van der Waals surface area contributed by atoms with E-state index in [0.717, 1.165) is 5.56 Å². The maximum absolute atomic E-state index is 11.9. The van der Waals surface area contributed by atoms with Crippen LogP contribution in [-0.2, 0) is 22.7 Å². The van der Waals surface area contributed by atoms with E-state index in [1.807, 2.05) is 30.3 Å². The monoisotopic (exact) mass is 268 g/mol. The summed E-state index contributed by atoms with van der Waals surface area (Å²) in [5, 5.41) is 8.92. The fourth-order valence-electron chi connectivity index (χ4n) is 1.92. The molecule has 0 amide bonds. The highest BCUT2D eigenvalue weighted by molar-refractivity contribution is 5.71. The van der Waals surface area contributed by atoms with Crippen LogP contribution in [0.1, 0.15) is 18.2 Å². The fourth-order valence-corrected chi connectivity index (χ4v) is 1.92. The van der Waals surface area contributed by atoms with Crippen molar-refractivity contribution in [2.45, 2.75) is 20.1 Å². The molecule has 0 fully saturated rings. The SMILES string of the molecule is CC(Cn1cccc1C#N)C(=O)OCc1ccccc1. The molecule has 1 unspecified atom stereocenters. The Bertz CT molecular complexity index is 611. The van der Waals surface area contributed by atoms with E-state index in [1.165, 1.54) is 0 Å². The highest BCUT2D eigenvalue weighted by Gasteiger charge is 2.16. The third-order valence-electron chi connectivity index (χ3n) is 3.04. The van der Waals surface area contributed by atoms with Crippen molar-refractivity contribution < 1.29 is 9.53 Å². The summed E-state index contributed by atoms with van der Waals surface area (Å²) in [5.74, 6) is -0.551. The van der Waals surface area contributed by atoms with Crippen molar-refractivity contribution in [2.75, 3.05) is 0 Å². The van der Waals surface area contributed by atoms with Crippen LogP contribution >= 0.6 is 0 Å². The number of rotatable bonds is 5. The molecule has 1 aromatic heterocycles. The molecule has 0 aliphatic heterocycles. The van der Waals surface area contributed by atoms with Crippen LogP contribution in [0, 0.1) is 17.2 Å². The second-order valence-corrected chi connectivity index (χ2v) is 4.65. The third kappa shape index (κ3) is 3.48. The van der Waals surface area contributed by atoms with Gasteiger partial charge in [-0.25, -0.2) is 0 Å². The lowest BCUT2D eigenvalue weighted by atomic mass is 10.2. The predicted molar refractivity (Wildman–Crippen MR) is 74.5 cm³/mol. The van der Waals surface area contributed by atoms with Gasteiger partial charge in [0.15, 0.2) is 0 Å². The van der Waals surface area contributed by atoms with Gasteiger partial charge in [-0.05, 0) is 17.7 Å². The van der Waals surface area contributed by atoms with E-state index >= 15 is 0 Å². The largest absolute Gasteiger partial charge is 0.461 e. The van der Waals surface area contributed by atoms with Gasteiger partial charge in [-0.1, -0.05) is 37.3 Å². The molecule has 2 aromatic rings. The topological polar surface area (TPSA) is 55.0 Å². The highest BCUT2D eigenvalue weighted by Crippen LogP contribution is 2.09. The molecule has 4 heteroatoms. The Kier molecular flexibility index (Phi) is 4.56. The van der Waals surface area contributed by atoms with Gasteiger partial charge in [0.05, 0.1) is 5.92 Å². The Balaban J connectivity index is 1.88. The summed E-state index contributed by atoms with van der Waals surface area (Å²) in [4.78, 5) is 11.9. The van der Waals surface area contributed by atoms with Gasteiger partial charge < -0.3 is 9.30 Å². The molecule has 0 aliphatic rings. The van der Waals surface area contributed by atoms with Crippen LogP contribution in [0.3, 0.4) is 0 Å². The minimum atomic E-state index is -0.293. The quantitative estimate of drug-likeness (QED) is 0.783. The van der Waals surface area contributed by atoms with Crippen LogP contribution in [0.25, 0.3) is 0 Å². The number of nitrogens with zero attached hydrogens (tertiary/aromatic N) is 2. The lowest BCUT2D eigenvalue weighted by molar-refractivity contribution is -0.149. The lowest BCUT2D eigenvalue weighted by Crippen LogP contribution is -2.20. The number of hydrogen-bond acceptors (Lipinski definition) is 3. The number of carbonyl (C=O) groups excluding carboxylic acids is 1. The molecule has 0 saturated heterocycles. The van der Waals surface area contributed by atoms with Crippen molar-refractivity contribution in [3.8, 4) is 6.07 Å². The molecule has 0 spiro atoms.